The van der Waals surface area contributed by atoms with Crippen LogP contribution < -0.4 is 0 Å². The summed E-state index contributed by atoms with van der Waals surface area (Å²) >= 11 is 2.08. The van der Waals surface area contributed by atoms with Gasteiger partial charge in [-0.05, 0) is 12.8 Å². The first-order valence-electron chi connectivity index (χ1n) is 7.47. The summed E-state index contributed by atoms with van der Waals surface area (Å²) in [6.07, 6.45) is 2.48. The van der Waals surface area contributed by atoms with E-state index >= 15 is 0 Å². The fourth-order valence-electron chi connectivity index (χ4n) is 5.80. The van der Waals surface area contributed by atoms with Gasteiger partial charge >= 0.3 is 0 Å². The Labute approximate surface area is 122 Å². The molecular formula is C16H28N2S. The second-order valence-corrected chi connectivity index (χ2v) is 10.9. The SMILES string of the molecule is CC1(C)CC(C)(C)C12N=NC1(S2)C(C)(C)CC1(C)C. The molecule has 1 heterocycles. The first-order valence-corrected chi connectivity index (χ1v) is 8.29. The predicted molar refractivity (Wildman–Crippen MR) is 82.3 cm³/mol. The van der Waals surface area contributed by atoms with Crippen molar-refractivity contribution < 1.29 is 0 Å². The molecule has 2 saturated carbocycles. The van der Waals surface area contributed by atoms with Crippen LogP contribution in [0.3, 0.4) is 0 Å². The number of nitrogens with zero attached hydrogens (tertiary/aromatic N) is 2. The second-order valence-electron chi connectivity index (χ2n) is 9.48. The van der Waals surface area contributed by atoms with Gasteiger partial charge in [-0.2, -0.15) is 10.2 Å². The van der Waals surface area contributed by atoms with Gasteiger partial charge in [0.25, 0.3) is 0 Å². The van der Waals surface area contributed by atoms with Crippen molar-refractivity contribution in [3.8, 4) is 0 Å². The van der Waals surface area contributed by atoms with Gasteiger partial charge in [0, 0.05) is 21.7 Å². The van der Waals surface area contributed by atoms with E-state index in [2.05, 4.69) is 67.2 Å². The smallest absolute Gasteiger partial charge is 0.139 e. The predicted octanol–water partition coefficient (Wildman–Crippen LogP) is 5.49. The van der Waals surface area contributed by atoms with Gasteiger partial charge in [-0.3, -0.25) is 0 Å². The molecule has 3 heteroatoms. The Morgan fingerprint density at radius 2 is 0.842 bits per heavy atom. The summed E-state index contributed by atoms with van der Waals surface area (Å²) in [6.45, 7) is 18.9. The average molecular weight is 280 g/mol. The number of hydrogen-bond acceptors (Lipinski definition) is 3. The zero-order valence-corrected chi connectivity index (χ0v) is 14.5. The zero-order chi connectivity index (χ0) is 14.5. The molecule has 0 N–H and O–H groups in total. The van der Waals surface area contributed by atoms with Crippen LogP contribution in [0.15, 0.2) is 10.2 Å². The Kier molecular flexibility index (Phi) is 2.25. The molecule has 2 fully saturated rings. The quantitative estimate of drug-likeness (QED) is 0.576. The maximum Gasteiger partial charge on any atom is 0.139 e. The van der Waals surface area contributed by atoms with Crippen LogP contribution in [0.2, 0.25) is 0 Å². The largest absolute Gasteiger partial charge is 0.174 e. The van der Waals surface area contributed by atoms with Crippen LogP contribution in [0, 0.1) is 21.7 Å². The van der Waals surface area contributed by atoms with Crippen molar-refractivity contribution in [3.63, 3.8) is 0 Å². The van der Waals surface area contributed by atoms with E-state index in [0.717, 1.165) is 0 Å². The molecule has 2 aliphatic carbocycles. The first-order chi connectivity index (χ1) is 8.33. The molecule has 1 aliphatic heterocycles. The van der Waals surface area contributed by atoms with Gasteiger partial charge in [-0.1, -0.05) is 67.2 Å². The third-order valence-electron chi connectivity index (χ3n) is 6.06. The van der Waals surface area contributed by atoms with Crippen LogP contribution in [0.4, 0.5) is 0 Å². The number of rotatable bonds is 0. The van der Waals surface area contributed by atoms with Gasteiger partial charge in [-0.25, -0.2) is 0 Å². The molecule has 0 aromatic carbocycles. The van der Waals surface area contributed by atoms with Gasteiger partial charge in [0.1, 0.15) is 9.74 Å². The monoisotopic (exact) mass is 280 g/mol. The molecule has 0 aromatic heterocycles. The van der Waals surface area contributed by atoms with Gasteiger partial charge in [0.2, 0.25) is 0 Å². The van der Waals surface area contributed by atoms with E-state index in [4.69, 9.17) is 10.2 Å². The van der Waals surface area contributed by atoms with Crippen molar-refractivity contribution in [2.75, 3.05) is 0 Å². The van der Waals surface area contributed by atoms with E-state index < -0.39 is 0 Å². The topological polar surface area (TPSA) is 24.7 Å². The van der Waals surface area contributed by atoms with Gasteiger partial charge < -0.3 is 0 Å². The third-order valence-corrected chi connectivity index (χ3v) is 9.03. The summed E-state index contributed by atoms with van der Waals surface area (Å²) in [7, 11) is 0. The first kappa shape index (κ1) is 13.9. The van der Waals surface area contributed by atoms with E-state index in [9.17, 15) is 0 Å². The molecule has 0 amide bonds. The molecule has 0 bridgehead atoms. The lowest BCUT2D eigenvalue weighted by molar-refractivity contribution is -0.0436. The van der Waals surface area contributed by atoms with Crippen molar-refractivity contribution >= 4 is 11.8 Å². The Morgan fingerprint density at radius 1 is 0.579 bits per heavy atom. The summed E-state index contributed by atoms with van der Waals surface area (Å²) in [5.41, 5.74) is 1.04. The highest BCUT2D eigenvalue weighted by Crippen LogP contribution is 2.81. The van der Waals surface area contributed by atoms with Crippen LogP contribution in [-0.2, 0) is 0 Å². The van der Waals surface area contributed by atoms with E-state index in [0.29, 0.717) is 0 Å². The molecular weight excluding hydrogens is 252 g/mol. The van der Waals surface area contributed by atoms with Crippen molar-refractivity contribution in [3.05, 3.63) is 0 Å². The summed E-state index contributed by atoms with van der Waals surface area (Å²) in [4.78, 5) is -0.0378. The maximum absolute atomic E-state index is 4.93. The van der Waals surface area contributed by atoms with Crippen LogP contribution in [0.5, 0.6) is 0 Å². The highest BCUT2D eigenvalue weighted by atomic mass is 32.2. The minimum atomic E-state index is -0.0189. The minimum Gasteiger partial charge on any atom is -0.174 e. The Hall–Kier alpha value is -0.0500. The van der Waals surface area contributed by atoms with Crippen molar-refractivity contribution in [2.45, 2.75) is 78.0 Å². The summed E-state index contributed by atoms with van der Waals surface area (Å²) in [5, 5.41) is 9.87. The second kappa shape index (κ2) is 3.08. The van der Waals surface area contributed by atoms with E-state index in [1.54, 1.807) is 0 Å². The van der Waals surface area contributed by atoms with Crippen LogP contribution in [0.1, 0.15) is 68.2 Å². The van der Waals surface area contributed by atoms with Crippen molar-refractivity contribution in [1.29, 1.82) is 0 Å². The summed E-state index contributed by atoms with van der Waals surface area (Å²) in [5.74, 6) is 0. The van der Waals surface area contributed by atoms with Crippen molar-refractivity contribution in [1.82, 2.24) is 0 Å². The average Bonchev–Trinajstić information content (AvgIpc) is 2.59. The summed E-state index contributed by atoms with van der Waals surface area (Å²) < 4.78 is 0. The van der Waals surface area contributed by atoms with E-state index in [-0.39, 0.29) is 31.4 Å². The molecule has 0 saturated heterocycles. The van der Waals surface area contributed by atoms with Gasteiger partial charge in [-0.15, -0.1) is 0 Å². The van der Waals surface area contributed by atoms with Crippen LogP contribution in [-0.4, -0.2) is 9.74 Å². The Bertz CT molecular complexity index is 401. The van der Waals surface area contributed by atoms with Crippen LogP contribution in [0.25, 0.3) is 0 Å². The lowest BCUT2D eigenvalue weighted by atomic mass is 9.51. The minimum absolute atomic E-state index is 0.0189. The normalized spacial score (nSPS) is 37.1. The lowest BCUT2D eigenvalue weighted by Crippen LogP contribution is -2.67. The zero-order valence-electron chi connectivity index (χ0n) is 13.7. The fourth-order valence-corrected chi connectivity index (χ4v) is 7.78. The molecule has 3 aliphatic rings. The molecule has 0 radical (unpaired) electrons. The summed E-state index contributed by atoms with van der Waals surface area (Å²) in [6, 6.07) is 0. The highest BCUT2D eigenvalue weighted by Gasteiger charge is 2.78. The highest BCUT2D eigenvalue weighted by molar-refractivity contribution is 8.02. The molecule has 2 spiro atoms. The Balaban J connectivity index is 2.04. The standard InChI is InChI=1S/C16H28N2S/c1-11(2)9-12(3,4)15(11)17-18-16(19-15)13(5,6)10-14(16,7)8/h9-10H2,1-8H3. The Morgan fingerprint density at radius 3 is 1.00 bits per heavy atom. The molecule has 19 heavy (non-hydrogen) atoms. The lowest BCUT2D eigenvalue weighted by Gasteiger charge is -2.67. The number of hydrogen-bond donors (Lipinski definition) is 0. The molecule has 0 unspecified atom stereocenters. The number of azo groups is 1. The molecule has 108 valence electrons. The van der Waals surface area contributed by atoms with Gasteiger partial charge in [0.05, 0.1) is 0 Å². The molecule has 0 aromatic rings. The van der Waals surface area contributed by atoms with Gasteiger partial charge in [0.15, 0.2) is 0 Å². The molecule has 2 nitrogen and oxygen atoms in total. The van der Waals surface area contributed by atoms with Crippen LogP contribution >= 0.6 is 11.8 Å². The maximum atomic E-state index is 4.93. The van der Waals surface area contributed by atoms with Crippen molar-refractivity contribution in [2.24, 2.45) is 31.9 Å². The fraction of sp³-hybridized carbons (Fsp3) is 1.00. The third kappa shape index (κ3) is 1.23. The number of thioether (sulfide) groups is 1. The molecule has 0 atom stereocenters. The van der Waals surface area contributed by atoms with E-state index in [1.165, 1.54) is 12.8 Å². The van der Waals surface area contributed by atoms with E-state index in [1.807, 2.05) is 0 Å². The molecule has 3 rings (SSSR count).